The number of hydrogen-bond acceptors (Lipinski definition) is 4. The smallest absolute Gasteiger partial charge is 0.305 e. The van der Waals surface area contributed by atoms with E-state index in [0.29, 0.717) is 19.7 Å². The van der Waals surface area contributed by atoms with Gasteiger partial charge in [0.2, 0.25) is 5.91 Å². The number of hydrogen-bond donors (Lipinski definition) is 2. The molecule has 17 heavy (non-hydrogen) atoms. The fourth-order valence-corrected chi connectivity index (χ4v) is 1.58. The number of amides is 1. The Morgan fingerprint density at radius 3 is 2.71 bits per heavy atom. The van der Waals surface area contributed by atoms with E-state index in [2.05, 4.69) is 5.32 Å². The van der Waals surface area contributed by atoms with Crippen LogP contribution >= 0.6 is 0 Å². The molecule has 0 aromatic heterocycles. The van der Waals surface area contributed by atoms with Gasteiger partial charge in [-0.05, 0) is 12.8 Å². The third-order valence-electron chi connectivity index (χ3n) is 2.63. The molecule has 0 unspecified atom stereocenters. The van der Waals surface area contributed by atoms with Gasteiger partial charge in [0, 0.05) is 26.2 Å². The van der Waals surface area contributed by atoms with Crippen LogP contribution in [0.25, 0.3) is 0 Å². The molecule has 0 radical (unpaired) electrons. The van der Waals surface area contributed by atoms with Crippen LogP contribution in [-0.2, 0) is 14.3 Å². The van der Waals surface area contributed by atoms with Gasteiger partial charge in [-0.3, -0.25) is 9.59 Å². The quantitative estimate of drug-likeness (QED) is 0.544. The molecule has 1 aliphatic rings. The van der Waals surface area contributed by atoms with Crippen LogP contribution in [-0.4, -0.2) is 61.3 Å². The molecule has 2 N–H and O–H groups in total. The van der Waals surface area contributed by atoms with Gasteiger partial charge >= 0.3 is 5.97 Å². The van der Waals surface area contributed by atoms with Crippen LogP contribution in [0.2, 0.25) is 0 Å². The van der Waals surface area contributed by atoms with Gasteiger partial charge in [-0.25, -0.2) is 0 Å². The highest BCUT2D eigenvalue weighted by molar-refractivity contribution is 5.79. The number of carboxylic acid groups (broad SMARTS) is 1. The molecular weight excluding hydrogens is 224 g/mol. The van der Waals surface area contributed by atoms with Crippen LogP contribution in [0.15, 0.2) is 0 Å². The first kappa shape index (κ1) is 13.9. The maximum absolute atomic E-state index is 11.8. The zero-order valence-electron chi connectivity index (χ0n) is 10.1. The van der Waals surface area contributed by atoms with Crippen molar-refractivity contribution < 1.29 is 19.4 Å². The van der Waals surface area contributed by atoms with Crippen molar-refractivity contribution >= 4 is 11.9 Å². The summed E-state index contributed by atoms with van der Waals surface area (Å²) in [6.45, 7) is 1.75. The monoisotopic (exact) mass is 244 g/mol. The maximum atomic E-state index is 11.8. The van der Waals surface area contributed by atoms with E-state index >= 15 is 0 Å². The van der Waals surface area contributed by atoms with Crippen molar-refractivity contribution in [3.63, 3.8) is 0 Å². The summed E-state index contributed by atoms with van der Waals surface area (Å²) < 4.78 is 4.86. The lowest BCUT2D eigenvalue weighted by atomic mass is 10.3. The fraction of sp³-hybridized carbons (Fsp3) is 0.818. The molecule has 1 rings (SSSR count). The number of carbonyl (C=O) groups excluding carboxylic acids is 1. The molecule has 0 aliphatic heterocycles. The topological polar surface area (TPSA) is 78.9 Å². The maximum Gasteiger partial charge on any atom is 0.305 e. The van der Waals surface area contributed by atoms with Gasteiger partial charge in [-0.15, -0.1) is 0 Å². The van der Waals surface area contributed by atoms with Crippen molar-refractivity contribution in [1.82, 2.24) is 10.2 Å². The van der Waals surface area contributed by atoms with E-state index in [4.69, 9.17) is 9.84 Å². The predicted octanol–water partition coefficient (Wildman–Crippen LogP) is -0.312. The number of aliphatic carboxylic acids is 1. The summed E-state index contributed by atoms with van der Waals surface area (Å²) in [4.78, 5) is 24.0. The Bertz CT molecular complexity index is 266. The van der Waals surface area contributed by atoms with E-state index in [-0.39, 0.29) is 24.9 Å². The van der Waals surface area contributed by atoms with Crippen molar-refractivity contribution in [3.05, 3.63) is 0 Å². The Labute approximate surface area is 101 Å². The summed E-state index contributed by atoms with van der Waals surface area (Å²) in [5, 5.41) is 11.6. The highest BCUT2D eigenvalue weighted by Crippen LogP contribution is 2.26. The number of methoxy groups -OCH3 is 1. The number of nitrogens with zero attached hydrogens (tertiary/aromatic N) is 1. The van der Waals surface area contributed by atoms with Crippen LogP contribution in [0.3, 0.4) is 0 Å². The third-order valence-corrected chi connectivity index (χ3v) is 2.63. The summed E-state index contributed by atoms with van der Waals surface area (Å²) in [7, 11) is 1.60. The average Bonchev–Trinajstić information content (AvgIpc) is 3.08. The Kier molecular flexibility index (Phi) is 5.93. The molecule has 0 aromatic carbocycles. The fourth-order valence-electron chi connectivity index (χ4n) is 1.58. The minimum absolute atomic E-state index is 0.0142. The summed E-state index contributed by atoms with van der Waals surface area (Å²) in [6.07, 6.45) is 1.99. The van der Waals surface area contributed by atoms with E-state index in [1.807, 2.05) is 0 Å². The van der Waals surface area contributed by atoms with Gasteiger partial charge in [0.25, 0.3) is 0 Å². The van der Waals surface area contributed by atoms with Crippen LogP contribution in [0, 0.1) is 0 Å². The number of carbonyl (C=O) groups is 2. The largest absolute Gasteiger partial charge is 0.481 e. The average molecular weight is 244 g/mol. The Morgan fingerprint density at radius 1 is 1.47 bits per heavy atom. The molecule has 98 valence electrons. The van der Waals surface area contributed by atoms with E-state index in [9.17, 15) is 9.59 Å². The lowest BCUT2D eigenvalue weighted by Crippen LogP contribution is -2.41. The van der Waals surface area contributed by atoms with E-state index in [0.717, 1.165) is 12.8 Å². The molecule has 0 atom stereocenters. The summed E-state index contributed by atoms with van der Waals surface area (Å²) in [5.74, 6) is -0.888. The SMILES string of the molecule is COCCNCC(=O)N(CCC(=O)O)C1CC1. The molecule has 1 aliphatic carbocycles. The van der Waals surface area contributed by atoms with E-state index in [1.54, 1.807) is 12.0 Å². The van der Waals surface area contributed by atoms with Gasteiger partial charge in [0.15, 0.2) is 0 Å². The molecule has 0 saturated heterocycles. The summed E-state index contributed by atoms with van der Waals surface area (Å²) >= 11 is 0. The first-order valence-corrected chi connectivity index (χ1v) is 5.86. The van der Waals surface area contributed by atoms with Gasteiger partial charge in [-0.2, -0.15) is 0 Å². The highest BCUT2D eigenvalue weighted by Gasteiger charge is 2.32. The second-order valence-corrected chi connectivity index (χ2v) is 4.13. The zero-order valence-corrected chi connectivity index (χ0v) is 10.1. The van der Waals surface area contributed by atoms with Gasteiger partial charge in [0.05, 0.1) is 19.6 Å². The molecule has 0 bridgehead atoms. The number of rotatable bonds is 9. The standard InChI is InChI=1S/C11H20N2O4/c1-17-7-5-12-8-10(14)13(9-2-3-9)6-4-11(15)16/h9,12H,2-8H2,1H3,(H,15,16). The van der Waals surface area contributed by atoms with Crippen molar-refractivity contribution in [1.29, 1.82) is 0 Å². The molecular formula is C11H20N2O4. The van der Waals surface area contributed by atoms with Crippen molar-refractivity contribution in [2.24, 2.45) is 0 Å². The molecule has 0 heterocycles. The Morgan fingerprint density at radius 2 is 2.18 bits per heavy atom. The van der Waals surface area contributed by atoms with Crippen LogP contribution in [0.1, 0.15) is 19.3 Å². The lowest BCUT2D eigenvalue weighted by Gasteiger charge is -2.21. The van der Waals surface area contributed by atoms with Crippen LogP contribution < -0.4 is 5.32 Å². The van der Waals surface area contributed by atoms with Crippen molar-refractivity contribution in [3.8, 4) is 0 Å². The van der Waals surface area contributed by atoms with Gasteiger partial charge < -0.3 is 20.1 Å². The summed E-state index contributed by atoms with van der Waals surface area (Å²) in [6, 6.07) is 0.256. The number of nitrogens with one attached hydrogen (secondary N) is 1. The first-order chi connectivity index (χ1) is 8.15. The van der Waals surface area contributed by atoms with Crippen LogP contribution in [0.4, 0.5) is 0 Å². The van der Waals surface area contributed by atoms with Gasteiger partial charge in [-0.1, -0.05) is 0 Å². The first-order valence-electron chi connectivity index (χ1n) is 5.86. The summed E-state index contributed by atoms with van der Waals surface area (Å²) in [5.41, 5.74) is 0. The third kappa shape index (κ3) is 5.65. The number of carboxylic acids is 1. The van der Waals surface area contributed by atoms with Crippen LogP contribution in [0.5, 0.6) is 0 Å². The zero-order chi connectivity index (χ0) is 12.7. The van der Waals surface area contributed by atoms with Gasteiger partial charge in [0.1, 0.15) is 0 Å². The molecule has 6 nitrogen and oxygen atoms in total. The molecule has 6 heteroatoms. The van der Waals surface area contributed by atoms with E-state index in [1.165, 1.54) is 0 Å². The lowest BCUT2D eigenvalue weighted by molar-refractivity contribution is -0.138. The van der Waals surface area contributed by atoms with E-state index < -0.39 is 5.97 Å². The molecule has 1 amide bonds. The second kappa shape index (κ2) is 7.24. The molecule has 1 fully saturated rings. The predicted molar refractivity (Wildman–Crippen MR) is 61.7 cm³/mol. The second-order valence-electron chi connectivity index (χ2n) is 4.13. The Balaban J connectivity index is 2.25. The Hall–Kier alpha value is -1.14. The van der Waals surface area contributed by atoms with Crippen molar-refractivity contribution in [2.75, 3.05) is 33.4 Å². The highest BCUT2D eigenvalue weighted by atomic mass is 16.5. The minimum atomic E-state index is -0.865. The van der Waals surface area contributed by atoms with Crippen molar-refractivity contribution in [2.45, 2.75) is 25.3 Å². The normalized spacial score (nSPS) is 14.6. The number of ether oxygens (including phenoxy) is 1. The molecule has 0 aromatic rings. The molecule has 1 saturated carbocycles. The minimum Gasteiger partial charge on any atom is -0.481 e. The molecule has 0 spiro atoms.